The fourth-order valence-electron chi connectivity index (χ4n) is 2.46. The summed E-state index contributed by atoms with van der Waals surface area (Å²) in [4.78, 5) is 18.0. The topological polar surface area (TPSA) is 63.2 Å². The number of nitrogens with one attached hydrogen (secondary N) is 1. The summed E-state index contributed by atoms with van der Waals surface area (Å²) in [5, 5.41) is 3.02. The van der Waals surface area contributed by atoms with Crippen molar-refractivity contribution in [2.24, 2.45) is 4.99 Å². The Bertz CT molecular complexity index is 585. The Labute approximate surface area is 127 Å². The summed E-state index contributed by atoms with van der Waals surface area (Å²) >= 11 is 0. The van der Waals surface area contributed by atoms with Crippen LogP contribution in [0.3, 0.4) is 0 Å². The molecule has 0 bridgehead atoms. The number of hydrogen-bond donors (Lipinski definition) is 1. The number of aliphatic imine (C=N–C) groups is 1. The van der Waals surface area contributed by atoms with Crippen LogP contribution in [0.15, 0.2) is 23.2 Å². The fourth-order valence-corrected chi connectivity index (χ4v) is 2.46. The van der Waals surface area contributed by atoms with Gasteiger partial charge in [0, 0.05) is 19.6 Å². The van der Waals surface area contributed by atoms with Crippen LogP contribution >= 0.6 is 0 Å². The van der Waals surface area contributed by atoms with E-state index < -0.39 is 5.82 Å². The summed E-state index contributed by atoms with van der Waals surface area (Å²) in [6, 6.07) is 4.56. The predicted octanol–water partition coefficient (Wildman–Crippen LogP) is 0.413. The third-order valence-electron chi connectivity index (χ3n) is 3.60. The number of halogens is 1. The molecular formula is C15H18FN3O3. The molecule has 6 nitrogen and oxygen atoms in total. The second-order valence-electron chi connectivity index (χ2n) is 5.05. The summed E-state index contributed by atoms with van der Waals surface area (Å²) < 4.78 is 24.8. The molecule has 7 heteroatoms. The van der Waals surface area contributed by atoms with E-state index >= 15 is 0 Å². The van der Waals surface area contributed by atoms with E-state index in [0.717, 1.165) is 0 Å². The minimum atomic E-state index is -0.413. The smallest absolute Gasteiger partial charge is 0.260 e. The number of morpholine rings is 1. The minimum absolute atomic E-state index is 0.121. The summed E-state index contributed by atoms with van der Waals surface area (Å²) in [5.41, 5.74) is 0.287. The molecule has 2 heterocycles. The van der Waals surface area contributed by atoms with E-state index in [-0.39, 0.29) is 18.1 Å². The van der Waals surface area contributed by atoms with Crippen molar-refractivity contribution < 1.29 is 18.7 Å². The van der Waals surface area contributed by atoms with Crippen molar-refractivity contribution in [1.29, 1.82) is 0 Å². The lowest BCUT2D eigenvalue weighted by atomic mass is 10.1. The van der Waals surface area contributed by atoms with Crippen LogP contribution in [0.1, 0.15) is 5.56 Å². The molecule has 1 aromatic carbocycles. The number of hydrogen-bond acceptors (Lipinski definition) is 5. The molecule has 1 amide bonds. The molecule has 0 atom stereocenters. The summed E-state index contributed by atoms with van der Waals surface area (Å²) in [5.74, 6) is 0.269. The molecule has 2 aliphatic rings. The van der Waals surface area contributed by atoms with E-state index in [1.807, 2.05) is 0 Å². The first-order valence-electron chi connectivity index (χ1n) is 7.31. The van der Waals surface area contributed by atoms with Gasteiger partial charge in [0.1, 0.15) is 17.4 Å². The number of ether oxygens (including phenoxy) is 2. The molecular weight excluding hydrogens is 289 g/mol. The third kappa shape index (κ3) is 3.19. The quantitative estimate of drug-likeness (QED) is 0.875. The standard InChI is InChI=1S/C15H18FN3O3/c16-11-2-1-3-12(14(11)15-17-4-5-18-15)22-10-13(20)19-6-8-21-9-7-19/h1-3H,4-10H2,(H,17,18). The SMILES string of the molecule is O=C(COc1cccc(F)c1C1=NCCN1)N1CCOCC1. The van der Waals surface area contributed by atoms with E-state index in [1.54, 1.807) is 17.0 Å². The first kappa shape index (κ1) is 14.8. The Morgan fingerprint density at radius 3 is 2.95 bits per heavy atom. The predicted molar refractivity (Wildman–Crippen MR) is 78.7 cm³/mol. The van der Waals surface area contributed by atoms with E-state index in [1.165, 1.54) is 6.07 Å². The molecule has 0 spiro atoms. The maximum absolute atomic E-state index is 14.1. The van der Waals surface area contributed by atoms with Gasteiger partial charge in [-0.15, -0.1) is 0 Å². The summed E-state index contributed by atoms with van der Waals surface area (Å²) in [6.07, 6.45) is 0. The fraction of sp³-hybridized carbons (Fsp3) is 0.467. The molecule has 0 saturated carbocycles. The van der Waals surface area contributed by atoms with Gasteiger partial charge in [0.05, 0.1) is 25.3 Å². The van der Waals surface area contributed by atoms with E-state index in [2.05, 4.69) is 10.3 Å². The number of carbonyl (C=O) groups is 1. The highest BCUT2D eigenvalue weighted by atomic mass is 19.1. The molecule has 3 rings (SSSR count). The number of amidine groups is 1. The van der Waals surface area contributed by atoms with Crippen molar-refractivity contribution in [3.05, 3.63) is 29.6 Å². The van der Waals surface area contributed by atoms with E-state index in [9.17, 15) is 9.18 Å². The van der Waals surface area contributed by atoms with Crippen molar-refractivity contribution in [2.45, 2.75) is 0 Å². The molecule has 0 radical (unpaired) electrons. The van der Waals surface area contributed by atoms with Gasteiger partial charge in [-0.25, -0.2) is 4.39 Å². The van der Waals surface area contributed by atoms with Gasteiger partial charge in [0.15, 0.2) is 6.61 Å². The highest BCUT2D eigenvalue weighted by molar-refractivity contribution is 6.02. The molecule has 1 saturated heterocycles. The number of nitrogens with zero attached hydrogens (tertiary/aromatic N) is 2. The highest BCUT2D eigenvalue weighted by Gasteiger charge is 2.21. The minimum Gasteiger partial charge on any atom is -0.483 e. The molecule has 1 fully saturated rings. The number of amides is 1. The first-order valence-corrected chi connectivity index (χ1v) is 7.31. The molecule has 0 aliphatic carbocycles. The van der Waals surface area contributed by atoms with Gasteiger partial charge in [-0.05, 0) is 12.1 Å². The van der Waals surface area contributed by atoms with Crippen molar-refractivity contribution >= 4 is 11.7 Å². The Hall–Kier alpha value is -2.15. The van der Waals surface area contributed by atoms with Crippen LogP contribution in [0.5, 0.6) is 5.75 Å². The lowest BCUT2D eigenvalue weighted by Crippen LogP contribution is -2.43. The third-order valence-corrected chi connectivity index (χ3v) is 3.60. The Kier molecular flexibility index (Phi) is 4.53. The lowest BCUT2D eigenvalue weighted by molar-refractivity contribution is -0.137. The molecule has 0 aromatic heterocycles. The average Bonchev–Trinajstić information content (AvgIpc) is 3.07. The second-order valence-corrected chi connectivity index (χ2v) is 5.05. The van der Waals surface area contributed by atoms with Crippen LogP contribution < -0.4 is 10.1 Å². The van der Waals surface area contributed by atoms with Gasteiger partial charge in [-0.3, -0.25) is 9.79 Å². The zero-order valence-electron chi connectivity index (χ0n) is 12.2. The maximum Gasteiger partial charge on any atom is 0.260 e. The average molecular weight is 307 g/mol. The van der Waals surface area contributed by atoms with E-state index in [4.69, 9.17) is 9.47 Å². The molecule has 1 aromatic rings. The Balaban J connectivity index is 1.69. The van der Waals surface area contributed by atoms with Gasteiger partial charge in [0.25, 0.3) is 5.91 Å². The van der Waals surface area contributed by atoms with Gasteiger partial charge in [-0.2, -0.15) is 0 Å². The van der Waals surface area contributed by atoms with Crippen molar-refractivity contribution in [3.63, 3.8) is 0 Å². The summed E-state index contributed by atoms with van der Waals surface area (Å²) in [7, 11) is 0. The zero-order valence-corrected chi connectivity index (χ0v) is 12.2. The first-order chi connectivity index (χ1) is 10.8. The highest BCUT2D eigenvalue weighted by Crippen LogP contribution is 2.23. The molecule has 1 N–H and O–H groups in total. The Morgan fingerprint density at radius 1 is 1.41 bits per heavy atom. The molecule has 0 unspecified atom stereocenters. The van der Waals surface area contributed by atoms with Gasteiger partial charge >= 0.3 is 0 Å². The summed E-state index contributed by atoms with van der Waals surface area (Å²) in [6.45, 7) is 3.36. The normalized spacial score (nSPS) is 17.9. The van der Waals surface area contributed by atoms with Crippen molar-refractivity contribution in [3.8, 4) is 5.75 Å². The number of benzene rings is 1. The monoisotopic (exact) mass is 307 g/mol. The number of rotatable bonds is 4. The molecule has 118 valence electrons. The van der Waals surface area contributed by atoms with E-state index in [0.29, 0.717) is 51.0 Å². The lowest BCUT2D eigenvalue weighted by Gasteiger charge is -2.26. The maximum atomic E-state index is 14.1. The number of carbonyl (C=O) groups excluding carboxylic acids is 1. The van der Waals surface area contributed by atoms with Crippen LogP contribution in [0.2, 0.25) is 0 Å². The molecule has 2 aliphatic heterocycles. The zero-order chi connectivity index (χ0) is 15.4. The van der Waals surface area contributed by atoms with Crippen LogP contribution in [0, 0.1) is 5.82 Å². The van der Waals surface area contributed by atoms with Crippen LogP contribution in [-0.4, -0.2) is 62.6 Å². The molecule has 22 heavy (non-hydrogen) atoms. The van der Waals surface area contributed by atoms with Crippen molar-refractivity contribution in [1.82, 2.24) is 10.2 Å². The van der Waals surface area contributed by atoms with Gasteiger partial charge < -0.3 is 19.7 Å². The largest absolute Gasteiger partial charge is 0.483 e. The second kappa shape index (κ2) is 6.74. The van der Waals surface area contributed by atoms with Gasteiger partial charge in [-0.1, -0.05) is 6.07 Å². The van der Waals surface area contributed by atoms with Crippen LogP contribution in [-0.2, 0) is 9.53 Å². The van der Waals surface area contributed by atoms with Crippen molar-refractivity contribution in [2.75, 3.05) is 46.0 Å². The Morgan fingerprint density at radius 2 is 2.23 bits per heavy atom. The van der Waals surface area contributed by atoms with Gasteiger partial charge in [0.2, 0.25) is 0 Å². The van der Waals surface area contributed by atoms with Crippen LogP contribution in [0.4, 0.5) is 4.39 Å². The van der Waals surface area contributed by atoms with Crippen LogP contribution in [0.25, 0.3) is 0 Å².